The van der Waals surface area contributed by atoms with E-state index in [1.807, 2.05) is 19.9 Å². The standard InChI is InChI=1S/C20H22N2O4/c1-13(2)26-17-10-4-14(12-18(17)25-3)5-11-19(23)22-16-8-6-15(7-9-16)20(21)24/h4-13H,1-3H3,(H2,21,24)(H,22,23). The summed E-state index contributed by atoms with van der Waals surface area (Å²) >= 11 is 0. The Bertz CT molecular complexity index is 811. The van der Waals surface area contributed by atoms with Crippen molar-refractivity contribution in [2.45, 2.75) is 20.0 Å². The van der Waals surface area contributed by atoms with Crippen molar-refractivity contribution < 1.29 is 19.1 Å². The minimum Gasteiger partial charge on any atom is -0.493 e. The van der Waals surface area contributed by atoms with E-state index in [9.17, 15) is 9.59 Å². The highest BCUT2D eigenvalue weighted by atomic mass is 16.5. The van der Waals surface area contributed by atoms with Crippen LogP contribution in [0, 0.1) is 0 Å². The Morgan fingerprint density at radius 2 is 1.77 bits per heavy atom. The number of benzene rings is 2. The van der Waals surface area contributed by atoms with Crippen molar-refractivity contribution in [3.8, 4) is 11.5 Å². The summed E-state index contributed by atoms with van der Waals surface area (Å²) in [5.41, 5.74) is 6.94. The Hall–Kier alpha value is -3.28. The molecule has 0 fully saturated rings. The van der Waals surface area contributed by atoms with Crippen LogP contribution in [0.15, 0.2) is 48.5 Å². The second-order valence-electron chi connectivity index (χ2n) is 5.84. The molecular formula is C20H22N2O4. The maximum absolute atomic E-state index is 12.0. The molecule has 0 heterocycles. The highest BCUT2D eigenvalue weighted by Crippen LogP contribution is 2.29. The van der Waals surface area contributed by atoms with Crippen molar-refractivity contribution in [3.05, 3.63) is 59.7 Å². The van der Waals surface area contributed by atoms with E-state index < -0.39 is 5.91 Å². The number of carbonyl (C=O) groups is 2. The van der Waals surface area contributed by atoms with E-state index in [4.69, 9.17) is 15.2 Å². The quantitative estimate of drug-likeness (QED) is 0.747. The summed E-state index contributed by atoms with van der Waals surface area (Å²) in [4.78, 5) is 23.1. The van der Waals surface area contributed by atoms with Gasteiger partial charge < -0.3 is 20.5 Å². The summed E-state index contributed by atoms with van der Waals surface area (Å²) < 4.78 is 11.0. The smallest absolute Gasteiger partial charge is 0.248 e. The van der Waals surface area contributed by atoms with Crippen molar-refractivity contribution in [1.82, 2.24) is 0 Å². The van der Waals surface area contributed by atoms with Crippen molar-refractivity contribution in [2.75, 3.05) is 12.4 Å². The number of rotatable bonds is 7. The van der Waals surface area contributed by atoms with Crippen LogP contribution in [0.4, 0.5) is 5.69 Å². The van der Waals surface area contributed by atoms with Crippen molar-refractivity contribution in [2.24, 2.45) is 5.73 Å². The van der Waals surface area contributed by atoms with Crippen LogP contribution >= 0.6 is 0 Å². The minimum absolute atomic E-state index is 0.0389. The Morgan fingerprint density at radius 1 is 1.08 bits per heavy atom. The highest BCUT2D eigenvalue weighted by molar-refractivity contribution is 6.02. The minimum atomic E-state index is -0.512. The molecule has 26 heavy (non-hydrogen) atoms. The number of nitrogens with two attached hydrogens (primary N) is 1. The normalized spacial score (nSPS) is 10.8. The first kappa shape index (κ1) is 19.1. The van der Waals surface area contributed by atoms with Crippen molar-refractivity contribution >= 4 is 23.6 Å². The van der Waals surface area contributed by atoms with Gasteiger partial charge in [0.2, 0.25) is 11.8 Å². The molecule has 0 aliphatic carbocycles. The molecule has 0 atom stereocenters. The first-order chi connectivity index (χ1) is 12.4. The summed E-state index contributed by atoms with van der Waals surface area (Å²) in [5, 5.41) is 2.71. The average molecular weight is 354 g/mol. The second kappa shape index (κ2) is 8.71. The van der Waals surface area contributed by atoms with Crippen LogP contribution in [0.2, 0.25) is 0 Å². The van der Waals surface area contributed by atoms with E-state index in [1.54, 1.807) is 49.6 Å². The Balaban J connectivity index is 2.04. The second-order valence-corrected chi connectivity index (χ2v) is 5.84. The number of carbonyl (C=O) groups excluding carboxylic acids is 2. The SMILES string of the molecule is COc1cc(C=CC(=O)Nc2ccc(C(N)=O)cc2)ccc1OC(C)C. The number of anilines is 1. The van der Waals surface area contributed by atoms with Crippen molar-refractivity contribution in [1.29, 1.82) is 0 Å². The molecule has 0 aromatic heterocycles. The molecule has 0 spiro atoms. The lowest BCUT2D eigenvalue weighted by atomic mass is 10.1. The topological polar surface area (TPSA) is 90.6 Å². The third-order valence-electron chi connectivity index (χ3n) is 3.41. The van der Waals surface area contributed by atoms with Gasteiger partial charge in [0.05, 0.1) is 13.2 Å². The van der Waals surface area contributed by atoms with Crippen LogP contribution in [0.1, 0.15) is 29.8 Å². The summed E-state index contributed by atoms with van der Waals surface area (Å²) in [5.74, 6) is 0.446. The molecule has 6 heteroatoms. The van der Waals surface area contributed by atoms with Gasteiger partial charge in [0.25, 0.3) is 0 Å². The molecule has 0 radical (unpaired) electrons. The first-order valence-corrected chi connectivity index (χ1v) is 8.12. The van der Waals surface area contributed by atoms with Crippen LogP contribution < -0.4 is 20.5 Å². The van der Waals surface area contributed by atoms with Gasteiger partial charge in [-0.1, -0.05) is 6.07 Å². The zero-order chi connectivity index (χ0) is 19.1. The molecule has 2 amide bonds. The maximum atomic E-state index is 12.0. The molecule has 6 nitrogen and oxygen atoms in total. The largest absolute Gasteiger partial charge is 0.493 e. The zero-order valence-corrected chi connectivity index (χ0v) is 15.0. The van der Waals surface area contributed by atoms with Gasteiger partial charge in [-0.15, -0.1) is 0 Å². The van der Waals surface area contributed by atoms with Gasteiger partial charge in [0, 0.05) is 17.3 Å². The molecule has 0 aliphatic heterocycles. The number of hydrogen-bond donors (Lipinski definition) is 2. The Labute approximate surface area is 152 Å². The Morgan fingerprint density at radius 3 is 2.35 bits per heavy atom. The third kappa shape index (κ3) is 5.37. The molecule has 0 aliphatic rings. The summed E-state index contributed by atoms with van der Waals surface area (Å²) in [7, 11) is 1.57. The van der Waals surface area contributed by atoms with Crippen LogP contribution in [0.5, 0.6) is 11.5 Å². The first-order valence-electron chi connectivity index (χ1n) is 8.12. The highest BCUT2D eigenvalue weighted by Gasteiger charge is 2.07. The van der Waals surface area contributed by atoms with E-state index in [1.165, 1.54) is 6.08 Å². The fourth-order valence-electron chi connectivity index (χ4n) is 2.21. The average Bonchev–Trinajstić information content (AvgIpc) is 2.60. The lowest BCUT2D eigenvalue weighted by Gasteiger charge is -2.13. The van der Waals surface area contributed by atoms with Gasteiger partial charge in [0.15, 0.2) is 11.5 Å². The summed E-state index contributed by atoms with van der Waals surface area (Å²) in [6.45, 7) is 3.88. The zero-order valence-electron chi connectivity index (χ0n) is 15.0. The number of primary amides is 1. The molecule has 2 aromatic rings. The summed E-state index contributed by atoms with van der Waals surface area (Å²) in [6.07, 6.45) is 3.13. The molecule has 0 saturated carbocycles. The number of amides is 2. The number of nitrogens with one attached hydrogen (secondary N) is 1. The molecule has 0 unspecified atom stereocenters. The van der Waals surface area contributed by atoms with Gasteiger partial charge in [0.1, 0.15) is 0 Å². The predicted octanol–water partition coefficient (Wildman–Crippen LogP) is 3.23. The molecule has 0 bridgehead atoms. The van der Waals surface area contributed by atoms with Gasteiger partial charge >= 0.3 is 0 Å². The molecule has 2 rings (SSSR count). The lowest BCUT2D eigenvalue weighted by Crippen LogP contribution is -2.11. The van der Waals surface area contributed by atoms with Crippen LogP contribution in [0.25, 0.3) is 6.08 Å². The monoisotopic (exact) mass is 354 g/mol. The van der Waals surface area contributed by atoms with Gasteiger partial charge in [-0.05, 0) is 61.9 Å². The molecule has 0 saturated heterocycles. The third-order valence-corrected chi connectivity index (χ3v) is 3.41. The lowest BCUT2D eigenvalue weighted by molar-refractivity contribution is -0.111. The summed E-state index contributed by atoms with van der Waals surface area (Å²) in [6, 6.07) is 11.8. The molecule has 136 valence electrons. The number of ether oxygens (including phenoxy) is 2. The Kier molecular flexibility index (Phi) is 6.38. The van der Waals surface area contributed by atoms with Crippen molar-refractivity contribution in [3.63, 3.8) is 0 Å². The van der Waals surface area contributed by atoms with Gasteiger partial charge in [-0.2, -0.15) is 0 Å². The van der Waals surface area contributed by atoms with E-state index in [0.717, 1.165) is 5.56 Å². The van der Waals surface area contributed by atoms with E-state index in [2.05, 4.69) is 5.32 Å². The van der Waals surface area contributed by atoms with Crippen LogP contribution in [-0.2, 0) is 4.79 Å². The predicted molar refractivity (Wildman–Crippen MR) is 101 cm³/mol. The molecule has 2 aromatic carbocycles. The maximum Gasteiger partial charge on any atom is 0.248 e. The van der Waals surface area contributed by atoms with E-state index in [0.29, 0.717) is 22.7 Å². The molecular weight excluding hydrogens is 332 g/mol. The fraction of sp³-hybridized carbons (Fsp3) is 0.200. The molecule has 3 N–H and O–H groups in total. The fourth-order valence-corrected chi connectivity index (χ4v) is 2.21. The van der Waals surface area contributed by atoms with Crippen LogP contribution in [-0.4, -0.2) is 25.0 Å². The number of methoxy groups -OCH3 is 1. The number of hydrogen-bond acceptors (Lipinski definition) is 4. The van der Waals surface area contributed by atoms with Crippen LogP contribution in [0.3, 0.4) is 0 Å². The van der Waals surface area contributed by atoms with Gasteiger partial charge in [-0.25, -0.2) is 0 Å². The van der Waals surface area contributed by atoms with Gasteiger partial charge in [-0.3, -0.25) is 9.59 Å². The van der Waals surface area contributed by atoms with E-state index in [-0.39, 0.29) is 12.0 Å². The van der Waals surface area contributed by atoms with E-state index >= 15 is 0 Å².